The average Bonchev–Trinajstić information content (AvgIpc) is 2.54. The molecule has 1 heterocycles. The second kappa shape index (κ2) is 5.84. The fraction of sp³-hybridized carbons (Fsp3) is 0.474. The predicted molar refractivity (Wildman–Crippen MR) is 93.0 cm³/mol. The molecule has 4 heteroatoms. The number of nitrogens with zero attached hydrogens (tertiary/aromatic N) is 1. The number of rotatable bonds is 4. The van der Waals surface area contributed by atoms with E-state index >= 15 is 0 Å². The number of fused-ring (bicyclic) bond motifs is 3. The maximum absolute atomic E-state index is 13.1. The first-order valence-corrected chi connectivity index (χ1v) is 8.47. The van der Waals surface area contributed by atoms with Gasteiger partial charge in [-0.3, -0.25) is 9.36 Å². The summed E-state index contributed by atoms with van der Waals surface area (Å²) in [5, 5.41) is 0. The van der Waals surface area contributed by atoms with Crippen molar-refractivity contribution in [1.82, 2.24) is 9.55 Å². The number of hydrogen-bond donors (Lipinski definition) is 1. The molecule has 1 aliphatic rings. The summed E-state index contributed by atoms with van der Waals surface area (Å²) in [5.41, 5.74) is 3.04. The molecule has 4 nitrogen and oxygen atoms in total. The Morgan fingerprint density at radius 1 is 1.22 bits per heavy atom. The van der Waals surface area contributed by atoms with Crippen LogP contribution in [0.5, 0.6) is 0 Å². The highest BCUT2D eigenvalue weighted by Crippen LogP contribution is 2.41. The summed E-state index contributed by atoms with van der Waals surface area (Å²) in [5.74, 6) is 0. The van der Waals surface area contributed by atoms with Crippen LogP contribution in [-0.2, 0) is 18.4 Å². The quantitative estimate of drug-likeness (QED) is 0.942. The van der Waals surface area contributed by atoms with Crippen LogP contribution in [0.4, 0.5) is 0 Å². The van der Waals surface area contributed by atoms with E-state index in [0.717, 1.165) is 42.5 Å². The molecule has 1 atom stereocenters. The van der Waals surface area contributed by atoms with E-state index in [1.807, 2.05) is 18.2 Å². The van der Waals surface area contributed by atoms with Gasteiger partial charge in [0.05, 0.1) is 5.69 Å². The smallest absolute Gasteiger partial charge is 0.306 e. The van der Waals surface area contributed by atoms with E-state index in [2.05, 4.69) is 31.8 Å². The summed E-state index contributed by atoms with van der Waals surface area (Å²) < 4.78 is 1.38. The van der Waals surface area contributed by atoms with Gasteiger partial charge in [-0.15, -0.1) is 0 Å². The van der Waals surface area contributed by atoms with Gasteiger partial charge in [-0.05, 0) is 24.8 Å². The molecule has 0 aliphatic heterocycles. The Hall–Kier alpha value is -2.10. The molecule has 3 rings (SSSR count). The third kappa shape index (κ3) is 2.46. The van der Waals surface area contributed by atoms with Crippen LogP contribution in [0.1, 0.15) is 51.2 Å². The first-order chi connectivity index (χ1) is 11.0. The van der Waals surface area contributed by atoms with Gasteiger partial charge in [0.1, 0.15) is 0 Å². The third-order valence-electron chi connectivity index (χ3n) is 5.17. The van der Waals surface area contributed by atoms with Gasteiger partial charge in [0.25, 0.3) is 5.56 Å². The lowest BCUT2D eigenvalue weighted by atomic mass is 9.69. The zero-order chi connectivity index (χ0) is 16.6. The Morgan fingerprint density at radius 2 is 1.96 bits per heavy atom. The Balaban J connectivity index is 2.32. The van der Waals surface area contributed by atoms with E-state index in [4.69, 9.17) is 0 Å². The zero-order valence-corrected chi connectivity index (χ0v) is 14.1. The van der Waals surface area contributed by atoms with E-state index in [0.29, 0.717) is 6.54 Å². The van der Waals surface area contributed by atoms with Crippen LogP contribution in [0.25, 0.3) is 11.3 Å². The third-order valence-corrected chi connectivity index (χ3v) is 5.17. The number of aromatic amines is 1. The zero-order valence-electron chi connectivity index (χ0n) is 14.1. The standard InChI is InChI=1S/C19H24N2O2/c1-4-6-11-21-17(22)15-16(20-18(21)23)14-10-8-7-9-13(14)12-19(15,3)5-2/h7-10H,4-6,11-12H2,1-3H3,(H,20,23)/t19-/m1/s1. The monoisotopic (exact) mass is 312 g/mol. The van der Waals surface area contributed by atoms with Crippen molar-refractivity contribution in [1.29, 1.82) is 0 Å². The highest BCUT2D eigenvalue weighted by molar-refractivity contribution is 5.71. The molecule has 0 bridgehead atoms. The fourth-order valence-corrected chi connectivity index (χ4v) is 3.58. The van der Waals surface area contributed by atoms with Crippen molar-refractivity contribution in [2.24, 2.45) is 0 Å². The molecule has 23 heavy (non-hydrogen) atoms. The summed E-state index contributed by atoms with van der Waals surface area (Å²) in [4.78, 5) is 28.5. The van der Waals surface area contributed by atoms with E-state index in [1.54, 1.807) is 0 Å². The summed E-state index contributed by atoms with van der Waals surface area (Å²) in [7, 11) is 0. The summed E-state index contributed by atoms with van der Waals surface area (Å²) >= 11 is 0. The fourth-order valence-electron chi connectivity index (χ4n) is 3.58. The van der Waals surface area contributed by atoms with E-state index in [1.165, 1.54) is 10.1 Å². The molecule has 1 aliphatic carbocycles. The Morgan fingerprint density at radius 3 is 2.65 bits per heavy atom. The maximum atomic E-state index is 13.1. The molecule has 0 amide bonds. The van der Waals surface area contributed by atoms with Crippen LogP contribution in [0.2, 0.25) is 0 Å². The number of benzene rings is 1. The molecule has 0 saturated heterocycles. The molecule has 2 aromatic rings. The van der Waals surface area contributed by atoms with E-state index < -0.39 is 0 Å². The number of nitrogens with one attached hydrogen (secondary N) is 1. The maximum Gasteiger partial charge on any atom is 0.328 e. The number of unbranched alkanes of at least 4 members (excludes halogenated alkanes) is 1. The minimum atomic E-state index is -0.294. The summed E-state index contributed by atoms with van der Waals surface area (Å²) in [6, 6.07) is 8.06. The molecule has 0 fully saturated rings. The molecule has 0 saturated carbocycles. The van der Waals surface area contributed by atoms with E-state index in [9.17, 15) is 9.59 Å². The Kier molecular flexibility index (Phi) is 4.00. The average molecular weight is 312 g/mol. The molecular formula is C19H24N2O2. The van der Waals surface area contributed by atoms with Crippen molar-refractivity contribution in [2.45, 2.75) is 58.4 Å². The minimum Gasteiger partial charge on any atom is -0.306 e. The number of H-pyrrole nitrogens is 1. The van der Waals surface area contributed by atoms with Crippen LogP contribution in [-0.4, -0.2) is 9.55 Å². The van der Waals surface area contributed by atoms with Crippen LogP contribution in [0, 0.1) is 0 Å². The molecule has 0 radical (unpaired) electrons. The van der Waals surface area contributed by atoms with Crippen molar-refractivity contribution in [2.75, 3.05) is 0 Å². The van der Waals surface area contributed by atoms with E-state index in [-0.39, 0.29) is 16.7 Å². The molecule has 0 spiro atoms. The lowest BCUT2D eigenvalue weighted by Gasteiger charge is -2.35. The second-order valence-electron chi connectivity index (χ2n) is 6.74. The topological polar surface area (TPSA) is 54.9 Å². The lowest BCUT2D eigenvalue weighted by Crippen LogP contribution is -2.44. The second-order valence-corrected chi connectivity index (χ2v) is 6.74. The molecule has 122 valence electrons. The van der Waals surface area contributed by atoms with Crippen LogP contribution in [0.3, 0.4) is 0 Å². The van der Waals surface area contributed by atoms with Gasteiger partial charge in [-0.2, -0.15) is 0 Å². The summed E-state index contributed by atoms with van der Waals surface area (Å²) in [6.45, 7) is 6.79. The van der Waals surface area contributed by atoms with Crippen molar-refractivity contribution in [3.63, 3.8) is 0 Å². The first kappa shape index (κ1) is 15.8. The highest BCUT2D eigenvalue weighted by atomic mass is 16.2. The van der Waals surface area contributed by atoms with Gasteiger partial charge < -0.3 is 4.98 Å². The summed E-state index contributed by atoms with van der Waals surface area (Å²) in [6.07, 6.45) is 3.49. The number of aromatic nitrogens is 2. The van der Waals surface area contributed by atoms with Gasteiger partial charge in [0.2, 0.25) is 0 Å². The van der Waals surface area contributed by atoms with Gasteiger partial charge in [0.15, 0.2) is 0 Å². The normalized spacial score (nSPS) is 19.3. The van der Waals surface area contributed by atoms with Gasteiger partial charge in [-0.25, -0.2) is 4.79 Å². The van der Waals surface area contributed by atoms with Crippen molar-refractivity contribution in [3.05, 3.63) is 56.2 Å². The van der Waals surface area contributed by atoms with Gasteiger partial charge in [-0.1, -0.05) is 51.5 Å². The predicted octanol–water partition coefficient (Wildman–Crippen LogP) is 3.23. The lowest BCUT2D eigenvalue weighted by molar-refractivity contribution is 0.430. The van der Waals surface area contributed by atoms with Crippen LogP contribution >= 0.6 is 0 Å². The Labute approximate surface area is 136 Å². The van der Waals surface area contributed by atoms with Crippen LogP contribution in [0.15, 0.2) is 33.9 Å². The van der Waals surface area contributed by atoms with Crippen molar-refractivity contribution >= 4 is 0 Å². The largest absolute Gasteiger partial charge is 0.328 e. The molecule has 1 N–H and O–H groups in total. The SMILES string of the molecule is CCCCn1c(=O)[nH]c2c(c1=O)[C@](C)(CC)Cc1ccccc1-2. The van der Waals surface area contributed by atoms with Gasteiger partial charge >= 0.3 is 5.69 Å². The Bertz CT molecular complexity index is 847. The molecule has 0 unspecified atom stereocenters. The highest BCUT2D eigenvalue weighted by Gasteiger charge is 2.37. The molecule has 1 aromatic carbocycles. The van der Waals surface area contributed by atoms with Crippen LogP contribution < -0.4 is 11.2 Å². The minimum absolute atomic E-state index is 0.115. The number of hydrogen-bond acceptors (Lipinski definition) is 2. The molecule has 1 aromatic heterocycles. The van der Waals surface area contributed by atoms with Gasteiger partial charge in [0, 0.05) is 23.1 Å². The molecular weight excluding hydrogens is 288 g/mol. The first-order valence-electron chi connectivity index (χ1n) is 8.47. The van der Waals surface area contributed by atoms with Crippen molar-refractivity contribution < 1.29 is 0 Å². The van der Waals surface area contributed by atoms with Crippen molar-refractivity contribution in [3.8, 4) is 11.3 Å².